The van der Waals surface area contributed by atoms with E-state index in [1.165, 1.54) is 0 Å². The van der Waals surface area contributed by atoms with E-state index in [-0.39, 0.29) is 17.4 Å². The van der Waals surface area contributed by atoms with E-state index in [4.69, 9.17) is 0 Å². The van der Waals surface area contributed by atoms with Crippen LogP contribution in [0.2, 0.25) is 0 Å². The van der Waals surface area contributed by atoms with Gasteiger partial charge in [-0.3, -0.25) is 0 Å². The van der Waals surface area contributed by atoms with Crippen molar-refractivity contribution in [3.8, 4) is 0 Å². The third-order valence-corrected chi connectivity index (χ3v) is 4.74. The topological polar surface area (TPSA) is 60.7 Å². The number of aliphatic hydroxyl groups excluding tert-OH is 3. The van der Waals surface area contributed by atoms with Crippen LogP contribution in [0.15, 0.2) is 48.5 Å². The summed E-state index contributed by atoms with van der Waals surface area (Å²) in [5, 5.41) is 30.9. The molecular formula is C23H32O3. The first-order valence-electron chi connectivity index (χ1n) is 9.19. The summed E-state index contributed by atoms with van der Waals surface area (Å²) < 4.78 is 0. The van der Waals surface area contributed by atoms with E-state index in [1.54, 1.807) is 0 Å². The summed E-state index contributed by atoms with van der Waals surface area (Å²) in [4.78, 5) is 0. The van der Waals surface area contributed by atoms with Crippen LogP contribution in [0.1, 0.15) is 69.1 Å². The zero-order chi connectivity index (χ0) is 19.5. The lowest BCUT2D eigenvalue weighted by Crippen LogP contribution is -2.20. The molecule has 26 heavy (non-hydrogen) atoms. The van der Waals surface area contributed by atoms with Crippen LogP contribution in [0.3, 0.4) is 0 Å². The van der Waals surface area contributed by atoms with Crippen LogP contribution in [-0.2, 0) is 6.42 Å². The van der Waals surface area contributed by atoms with E-state index >= 15 is 0 Å². The van der Waals surface area contributed by atoms with Gasteiger partial charge in [-0.05, 0) is 39.5 Å². The molecular weight excluding hydrogens is 324 g/mol. The molecule has 0 aliphatic heterocycles. The molecule has 0 amide bonds. The molecule has 2 rings (SSSR count). The van der Waals surface area contributed by atoms with Crippen molar-refractivity contribution in [1.29, 1.82) is 0 Å². The van der Waals surface area contributed by atoms with Crippen LogP contribution >= 0.6 is 0 Å². The van der Waals surface area contributed by atoms with Gasteiger partial charge in [-0.2, -0.15) is 0 Å². The highest BCUT2D eigenvalue weighted by Gasteiger charge is 2.24. The van der Waals surface area contributed by atoms with Gasteiger partial charge in [-0.25, -0.2) is 0 Å². The Bertz CT molecular complexity index is 728. The predicted octanol–water partition coefficient (Wildman–Crippen LogP) is 4.41. The van der Waals surface area contributed by atoms with Crippen molar-refractivity contribution in [2.24, 2.45) is 10.8 Å². The van der Waals surface area contributed by atoms with Gasteiger partial charge in [0.2, 0.25) is 0 Å². The molecule has 0 heterocycles. The lowest BCUT2D eigenvalue weighted by atomic mass is 9.83. The van der Waals surface area contributed by atoms with E-state index in [2.05, 4.69) is 0 Å². The fourth-order valence-corrected chi connectivity index (χ4v) is 3.07. The summed E-state index contributed by atoms with van der Waals surface area (Å²) in [6.45, 7) is 10.1. The van der Waals surface area contributed by atoms with Crippen LogP contribution in [0, 0.1) is 10.8 Å². The first kappa shape index (κ1) is 20.6. The molecule has 0 bridgehead atoms. The second-order valence-corrected chi connectivity index (χ2v) is 9.09. The lowest BCUT2D eigenvalue weighted by Gasteiger charge is -2.27. The molecule has 3 heteroatoms. The molecule has 0 saturated heterocycles. The average molecular weight is 357 g/mol. The highest BCUT2D eigenvalue weighted by Crippen LogP contribution is 2.34. The third-order valence-electron chi connectivity index (χ3n) is 4.74. The van der Waals surface area contributed by atoms with Gasteiger partial charge in [0.05, 0.1) is 6.10 Å². The molecule has 0 spiro atoms. The second-order valence-electron chi connectivity index (χ2n) is 9.09. The monoisotopic (exact) mass is 356 g/mol. The minimum Gasteiger partial charge on any atom is -0.396 e. The first-order valence-corrected chi connectivity index (χ1v) is 9.19. The SMILES string of the molecule is CC(C)(CO)Cc1cccc(C(O)c2cccc(C(O)C(C)(C)C)c2)c1. The molecule has 3 nitrogen and oxygen atoms in total. The fraction of sp³-hybridized carbons (Fsp3) is 0.478. The Hall–Kier alpha value is -1.68. The average Bonchev–Trinajstić information content (AvgIpc) is 2.59. The molecule has 0 fully saturated rings. The molecule has 2 unspecified atom stereocenters. The Labute approximate surface area is 157 Å². The van der Waals surface area contributed by atoms with Crippen LogP contribution in [0.5, 0.6) is 0 Å². The van der Waals surface area contributed by atoms with Gasteiger partial charge >= 0.3 is 0 Å². The Morgan fingerprint density at radius 2 is 1.35 bits per heavy atom. The fourth-order valence-electron chi connectivity index (χ4n) is 3.07. The van der Waals surface area contributed by atoms with Crippen LogP contribution in [0.4, 0.5) is 0 Å². The summed E-state index contributed by atoms with van der Waals surface area (Å²) in [6, 6.07) is 15.4. The van der Waals surface area contributed by atoms with Crippen molar-refractivity contribution in [1.82, 2.24) is 0 Å². The van der Waals surface area contributed by atoms with Gasteiger partial charge in [-0.15, -0.1) is 0 Å². The zero-order valence-electron chi connectivity index (χ0n) is 16.5. The van der Waals surface area contributed by atoms with E-state index in [0.29, 0.717) is 0 Å². The van der Waals surface area contributed by atoms with Crippen molar-refractivity contribution < 1.29 is 15.3 Å². The molecule has 2 aromatic rings. The number of rotatable bonds is 6. The van der Waals surface area contributed by atoms with E-state index in [9.17, 15) is 15.3 Å². The minimum absolute atomic E-state index is 0.118. The summed E-state index contributed by atoms with van der Waals surface area (Å²) in [5.41, 5.74) is 3.03. The molecule has 2 atom stereocenters. The third kappa shape index (κ3) is 5.16. The van der Waals surface area contributed by atoms with Gasteiger partial charge in [0.15, 0.2) is 0 Å². The van der Waals surface area contributed by atoms with Crippen molar-refractivity contribution in [2.45, 2.75) is 53.2 Å². The maximum atomic E-state index is 10.8. The highest BCUT2D eigenvalue weighted by molar-refractivity contribution is 5.35. The maximum Gasteiger partial charge on any atom is 0.104 e. The van der Waals surface area contributed by atoms with Gasteiger partial charge in [-0.1, -0.05) is 83.1 Å². The molecule has 142 valence electrons. The van der Waals surface area contributed by atoms with Gasteiger partial charge < -0.3 is 15.3 Å². The first-order chi connectivity index (χ1) is 12.0. The van der Waals surface area contributed by atoms with Crippen LogP contribution in [0.25, 0.3) is 0 Å². The summed E-state index contributed by atoms with van der Waals surface area (Å²) >= 11 is 0. The maximum absolute atomic E-state index is 10.8. The van der Waals surface area contributed by atoms with Crippen molar-refractivity contribution in [3.63, 3.8) is 0 Å². The lowest BCUT2D eigenvalue weighted by molar-refractivity contribution is 0.0624. The molecule has 0 saturated carbocycles. The quantitative estimate of drug-likeness (QED) is 0.718. The summed E-state index contributed by atoms with van der Waals surface area (Å²) in [7, 11) is 0. The van der Waals surface area contributed by atoms with Crippen molar-refractivity contribution >= 4 is 0 Å². The Balaban J connectivity index is 2.28. The predicted molar refractivity (Wildman–Crippen MR) is 106 cm³/mol. The van der Waals surface area contributed by atoms with Crippen molar-refractivity contribution in [2.75, 3.05) is 6.61 Å². The minimum atomic E-state index is -0.751. The van der Waals surface area contributed by atoms with E-state index < -0.39 is 12.2 Å². The van der Waals surface area contributed by atoms with Gasteiger partial charge in [0.1, 0.15) is 6.10 Å². The number of hydrogen-bond acceptors (Lipinski definition) is 3. The molecule has 0 radical (unpaired) electrons. The van der Waals surface area contributed by atoms with Gasteiger partial charge in [0.25, 0.3) is 0 Å². The Morgan fingerprint density at radius 1 is 0.808 bits per heavy atom. The number of hydrogen-bond donors (Lipinski definition) is 3. The molecule has 0 aromatic heterocycles. The normalized spacial score (nSPS) is 14.9. The standard InChI is InChI=1S/C23H32O3/c1-22(2,3)21(26)19-11-7-10-18(13-19)20(25)17-9-6-8-16(12-17)14-23(4,5)15-24/h6-13,20-21,24-26H,14-15H2,1-5H3. The van der Waals surface area contributed by atoms with E-state index in [0.717, 1.165) is 28.7 Å². The summed E-state index contributed by atoms with van der Waals surface area (Å²) in [6.07, 6.45) is -0.599. The number of aliphatic hydroxyl groups is 3. The van der Waals surface area contributed by atoms with Crippen molar-refractivity contribution in [3.05, 3.63) is 70.8 Å². The zero-order valence-corrected chi connectivity index (χ0v) is 16.5. The molecule has 0 aliphatic carbocycles. The number of benzene rings is 2. The van der Waals surface area contributed by atoms with E-state index in [1.807, 2.05) is 83.1 Å². The Kier molecular flexibility index (Phi) is 6.28. The molecule has 0 aliphatic rings. The summed E-state index contributed by atoms with van der Waals surface area (Å²) in [5.74, 6) is 0. The smallest absolute Gasteiger partial charge is 0.104 e. The molecule has 2 aromatic carbocycles. The van der Waals surface area contributed by atoms with Gasteiger partial charge in [0, 0.05) is 6.61 Å². The Morgan fingerprint density at radius 3 is 1.92 bits per heavy atom. The molecule has 3 N–H and O–H groups in total. The highest BCUT2D eigenvalue weighted by atomic mass is 16.3. The van der Waals surface area contributed by atoms with Crippen LogP contribution < -0.4 is 0 Å². The second kappa shape index (κ2) is 7.91. The largest absolute Gasteiger partial charge is 0.396 e. The van der Waals surface area contributed by atoms with Crippen LogP contribution in [-0.4, -0.2) is 21.9 Å².